The number of nitrogens with one attached hydrogen (secondary N) is 2. The number of urea groups is 1. The van der Waals surface area contributed by atoms with E-state index in [1.54, 1.807) is 0 Å². The minimum atomic E-state index is -0.158. The van der Waals surface area contributed by atoms with Crippen LogP contribution in [0.5, 0.6) is 5.75 Å². The number of hydrogen-bond acceptors (Lipinski definition) is 3. The Kier molecular flexibility index (Phi) is 5.75. The van der Waals surface area contributed by atoms with Gasteiger partial charge in [0.1, 0.15) is 12.4 Å². The molecule has 126 valence electrons. The molecule has 1 heterocycles. The van der Waals surface area contributed by atoms with Crippen molar-refractivity contribution in [3.05, 3.63) is 29.3 Å². The van der Waals surface area contributed by atoms with E-state index in [4.69, 9.17) is 9.47 Å². The highest BCUT2D eigenvalue weighted by atomic mass is 16.5. The number of fused-ring (bicyclic) bond motifs is 1. The van der Waals surface area contributed by atoms with Gasteiger partial charge in [0, 0.05) is 13.2 Å². The number of aryl methyl sites for hydroxylation is 2. The summed E-state index contributed by atoms with van der Waals surface area (Å²) in [6.45, 7) is 2.36. The minimum absolute atomic E-state index is 0.158. The molecule has 1 aliphatic heterocycles. The lowest BCUT2D eigenvalue weighted by Gasteiger charge is -2.17. The Morgan fingerprint density at radius 2 is 2.04 bits per heavy atom. The average molecular weight is 318 g/mol. The van der Waals surface area contributed by atoms with Crippen molar-refractivity contribution in [2.75, 3.05) is 26.3 Å². The molecule has 0 saturated carbocycles. The molecule has 0 radical (unpaired) electrons. The van der Waals surface area contributed by atoms with Crippen molar-refractivity contribution in [2.45, 2.75) is 44.6 Å². The molecule has 0 bridgehead atoms. The van der Waals surface area contributed by atoms with Gasteiger partial charge in [-0.05, 0) is 61.8 Å². The molecular formula is C18H26N2O3. The van der Waals surface area contributed by atoms with E-state index in [2.05, 4.69) is 22.8 Å². The number of amides is 2. The van der Waals surface area contributed by atoms with Crippen LogP contribution in [-0.4, -0.2) is 38.4 Å². The molecule has 2 N–H and O–H groups in total. The Morgan fingerprint density at radius 1 is 1.17 bits per heavy atom. The van der Waals surface area contributed by atoms with Crippen LogP contribution in [0.25, 0.3) is 0 Å². The first-order chi connectivity index (χ1) is 11.3. The predicted molar refractivity (Wildman–Crippen MR) is 89.0 cm³/mol. The zero-order valence-corrected chi connectivity index (χ0v) is 13.6. The number of ether oxygens (including phenoxy) is 2. The molecule has 1 aliphatic carbocycles. The van der Waals surface area contributed by atoms with Gasteiger partial charge in [0.05, 0.1) is 12.6 Å². The smallest absolute Gasteiger partial charge is 0.315 e. The third-order valence-corrected chi connectivity index (χ3v) is 4.49. The Balaban J connectivity index is 1.32. The summed E-state index contributed by atoms with van der Waals surface area (Å²) in [7, 11) is 0. The molecule has 1 aromatic carbocycles. The maximum atomic E-state index is 11.7. The summed E-state index contributed by atoms with van der Waals surface area (Å²) in [4.78, 5) is 11.7. The molecule has 1 fully saturated rings. The van der Waals surface area contributed by atoms with Crippen molar-refractivity contribution in [2.24, 2.45) is 0 Å². The highest BCUT2D eigenvalue weighted by Gasteiger charge is 2.15. The summed E-state index contributed by atoms with van der Waals surface area (Å²) < 4.78 is 11.2. The number of rotatable bonds is 6. The van der Waals surface area contributed by atoms with Crippen molar-refractivity contribution in [1.29, 1.82) is 0 Å². The van der Waals surface area contributed by atoms with Gasteiger partial charge in [0.2, 0.25) is 0 Å². The summed E-state index contributed by atoms with van der Waals surface area (Å²) in [5, 5.41) is 5.64. The van der Waals surface area contributed by atoms with Gasteiger partial charge < -0.3 is 20.1 Å². The molecular weight excluding hydrogens is 292 g/mol. The number of carbonyl (C=O) groups is 1. The first-order valence-electron chi connectivity index (χ1n) is 8.69. The first-order valence-corrected chi connectivity index (χ1v) is 8.69. The molecule has 5 nitrogen and oxygen atoms in total. The Morgan fingerprint density at radius 3 is 2.87 bits per heavy atom. The quantitative estimate of drug-likeness (QED) is 0.792. The van der Waals surface area contributed by atoms with Crippen LogP contribution in [0.1, 0.15) is 36.8 Å². The van der Waals surface area contributed by atoms with Gasteiger partial charge in [0.15, 0.2) is 0 Å². The highest BCUT2D eigenvalue weighted by molar-refractivity contribution is 5.73. The molecule has 1 atom stereocenters. The first kappa shape index (κ1) is 16.1. The Bertz CT molecular complexity index is 527. The SMILES string of the molecule is O=C(NCCOc1ccc2c(c1)CCCC2)NCC1CCCO1. The zero-order chi connectivity index (χ0) is 15.9. The molecule has 1 aromatic rings. The van der Waals surface area contributed by atoms with Crippen LogP contribution in [0, 0.1) is 0 Å². The molecule has 0 spiro atoms. The average Bonchev–Trinajstić information content (AvgIpc) is 3.10. The van der Waals surface area contributed by atoms with Gasteiger partial charge in [0.25, 0.3) is 0 Å². The van der Waals surface area contributed by atoms with E-state index in [0.29, 0.717) is 19.7 Å². The van der Waals surface area contributed by atoms with Gasteiger partial charge >= 0.3 is 6.03 Å². The standard InChI is InChI=1S/C18H26N2O3/c21-18(20-13-17-6-3-10-22-17)19-9-11-23-16-8-7-14-4-1-2-5-15(14)12-16/h7-8,12,17H,1-6,9-11,13H2,(H2,19,20,21). The monoisotopic (exact) mass is 318 g/mol. The van der Waals surface area contributed by atoms with Crippen molar-refractivity contribution in [3.8, 4) is 5.75 Å². The lowest BCUT2D eigenvalue weighted by Crippen LogP contribution is -2.41. The Labute approximate surface area is 137 Å². The van der Waals surface area contributed by atoms with Gasteiger partial charge in [-0.1, -0.05) is 6.07 Å². The van der Waals surface area contributed by atoms with Crippen molar-refractivity contribution in [3.63, 3.8) is 0 Å². The van der Waals surface area contributed by atoms with E-state index in [-0.39, 0.29) is 12.1 Å². The number of hydrogen-bond donors (Lipinski definition) is 2. The van der Waals surface area contributed by atoms with E-state index in [1.165, 1.54) is 30.4 Å². The van der Waals surface area contributed by atoms with Crippen LogP contribution in [-0.2, 0) is 17.6 Å². The fourth-order valence-corrected chi connectivity index (χ4v) is 3.21. The fourth-order valence-electron chi connectivity index (χ4n) is 3.21. The summed E-state index contributed by atoms with van der Waals surface area (Å²) in [5.74, 6) is 0.896. The molecule has 2 aliphatic rings. The molecule has 2 amide bonds. The summed E-state index contributed by atoms with van der Waals surface area (Å²) in [6, 6.07) is 6.19. The molecule has 1 unspecified atom stereocenters. The van der Waals surface area contributed by atoms with Gasteiger partial charge in [-0.2, -0.15) is 0 Å². The van der Waals surface area contributed by atoms with E-state index in [0.717, 1.165) is 31.6 Å². The second kappa shape index (κ2) is 8.20. The summed E-state index contributed by atoms with van der Waals surface area (Å²) in [5.41, 5.74) is 2.87. The van der Waals surface area contributed by atoms with E-state index in [9.17, 15) is 4.79 Å². The van der Waals surface area contributed by atoms with Crippen LogP contribution in [0.15, 0.2) is 18.2 Å². The van der Waals surface area contributed by atoms with Crippen LogP contribution < -0.4 is 15.4 Å². The summed E-state index contributed by atoms with van der Waals surface area (Å²) >= 11 is 0. The van der Waals surface area contributed by atoms with Crippen molar-refractivity contribution in [1.82, 2.24) is 10.6 Å². The van der Waals surface area contributed by atoms with Crippen LogP contribution in [0.4, 0.5) is 4.79 Å². The highest BCUT2D eigenvalue weighted by Crippen LogP contribution is 2.25. The lowest BCUT2D eigenvalue weighted by atomic mass is 9.92. The third kappa shape index (κ3) is 4.86. The minimum Gasteiger partial charge on any atom is -0.492 e. The van der Waals surface area contributed by atoms with E-state index < -0.39 is 0 Å². The van der Waals surface area contributed by atoms with E-state index >= 15 is 0 Å². The second-order valence-corrected chi connectivity index (χ2v) is 6.26. The fraction of sp³-hybridized carbons (Fsp3) is 0.611. The molecule has 23 heavy (non-hydrogen) atoms. The van der Waals surface area contributed by atoms with Crippen LogP contribution >= 0.6 is 0 Å². The molecule has 5 heteroatoms. The maximum absolute atomic E-state index is 11.7. The largest absolute Gasteiger partial charge is 0.492 e. The number of benzene rings is 1. The molecule has 0 aromatic heterocycles. The van der Waals surface area contributed by atoms with Crippen molar-refractivity contribution < 1.29 is 14.3 Å². The van der Waals surface area contributed by atoms with Crippen LogP contribution in [0.3, 0.4) is 0 Å². The zero-order valence-electron chi connectivity index (χ0n) is 13.6. The normalized spacial score (nSPS) is 19.9. The molecule has 1 saturated heterocycles. The Hall–Kier alpha value is -1.75. The predicted octanol–water partition coefficient (Wildman–Crippen LogP) is 2.42. The van der Waals surface area contributed by atoms with Crippen molar-refractivity contribution >= 4 is 6.03 Å². The lowest BCUT2D eigenvalue weighted by molar-refractivity contribution is 0.111. The topological polar surface area (TPSA) is 59.6 Å². The number of carbonyl (C=O) groups excluding carboxylic acids is 1. The van der Waals surface area contributed by atoms with Crippen LogP contribution in [0.2, 0.25) is 0 Å². The summed E-state index contributed by atoms with van der Waals surface area (Å²) in [6.07, 6.45) is 7.18. The molecule has 3 rings (SSSR count). The maximum Gasteiger partial charge on any atom is 0.315 e. The third-order valence-electron chi connectivity index (χ3n) is 4.49. The van der Waals surface area contributed by atoms with E-state index in [1.807, 2.05) is 6.07 Å². The van der Waals surface area contributed by atoms with Gasteiger partial charge in [-0.15, -0.1) is 0 Å². The second-order valence-electron chi connectivity index (χ2n) is 6.26. The van der Waals surface area contributed by atoms with Gasteiger partial charge in [-0.3, -0.25) is 0 Å². The van der Waals surface area contributed by atoms with Gasteiger partial charge in [-0.25, -0.2) is 4.79 Å².